The van der Waals surface area contributed by atoms with Crippen molar-refractivity contribution in [2.24, 2.45) is 5.73 Å². The van der Waals surface area contributed by atoms with Crippen molar-refractivity contribution in [3.05, 3.63) is 33.8 Å². The Hall–Kier alpha value is -1.83. The zero-order valence-electron chi connectivity index (χ0n) is 11.7. The highest BCUT2D eigenvalue weighted by Crippen LogP contribution is 2.24. The highest BCUT2D eigenvalue weighted by atomic mass is 35.5. The number of rotatable bonds is 6. The molecule has 1 aromatic carbocycles. The van der Waals surface area contributed by atoms with Gasteiger partial charge in [-0.1, -0.05) is 29.3 Å². The van der Waals surface area contributed by atoms with Crippen molar-refractivity contribution in [3.63, 3.8) is 0 Å². The van der Waals surface area contributed by atoms with Gasteiger partial charge < -0.3 is 21.1 Å². The molecule has 0 radical (unpaired) electrons. The van der Waals surface area contributed by atoms with Crippen LogP contribution in [0.15, 0.2) is 18.2 Å². The van der Waals surface area contributed by atoms with Crippen molar-refractivity contribution >= 4 is 41.0 Å². The molecule has 0 bridgehead atoms. The number of carbonyl (C=O) groups excluding carboxylic acids is 3. The summed E-state index contributed by atoms with van der Waals surface area (Å²) in [7, 11) is 1.16. The topological polar surface area (TPSA) is 111 Å². The van der Waals surface area contributed by atoms with Crippen molar-refractivity contribution in [1.82, 2.24) is 10.6 Å². The van der Waals surface area contributed by atoms with Crippen LogP contribution in [0.5, 0.6) is 0 Å². The highest BCUT2D eigenvalue weighted by Gasteiger charge is 2.24. The lowest BCUT2D eigenvalue weighted by atomic mass is 10.2. The molecule has 0 aliphatic carbocycles. The lowest BCUT2D eigenvalue weighted by Gasteiger charge is -2.17. The Bertz CT molecular complexity index is 560. The predicted octanol–water partition coefficient (Wildman–Crippen LogP) is 0.340. The Morgan fingerprint density at radius 1 is 1.27 bits per heavy atom. The van der Waals surface area contributed by atoms with Gasteiger partial charge in [-0.15, -0.1) is 0 Å². The van der Waals surface area contributed by atoms with Gasteiger partial charge in [0.2, 0.25) is 5.91 Å². The van der Waals surface area contributed by atoms with Gasteiger partial charge in [0, 0.05) is 6.54 Å². The van der Waals surface area contributed by atoms with Crippen molar-refractivity contribution in [1.29, 1.82) is 0 Å². The average molecular weight is 348 g/mol. The lowest BCUT2D eigenvalue weighted by molar-refractivity contribution is -0.142. The summed E-state index contributed by atoms with van der Waals surface area (Å²) in [5.74, 6) is -1.86. The average Bonchev–Trinajstić information content (AvgIpc) is 2.49. The minimum Gasteiger partial charge on any atom is -0.467 e. The third kappa shape index (κ3) is 4.87. The van der Waals surface area contributed by atoms with E-state index in [0.717, 1.165) is 7.11 Å². The van der Waals surface area contributed by atoms with E-state index in [2.05, 4.69) is 15.4 Å². The molecule has 0 unspecified atom stereocenters. The number of nitrogens with one attached hydrogen (secondary N) is 2. The summed E-state index contributed by atoms with van der Waals surface area (Å²) in [6.45, 7) is -0.408. The molecule has 0 saturated carbocycles. The molecule has 2 amide bonds. The smallest absolute Gasteiger partial charge is 0.330 e. The molecule has 0 aromatic heterocycles. The van der Waals surface area contributed by atoms with E-state index in [-0.39, 0.29) is 28.7 Å². The van der Waals surface area contributed by atoms with Crippen molar-refractivity contribution in [3.8, 4) is 0 Å². The van der Waals surface area contributed by atoms with Gasteiger partial charge in [0.1, 0.15) is 6.04 Å². The van der Waals surface area contributed by atoms with Gasteiger partial charge in [-0.3, -0.25) is 9.59 Å². The van der Waals surface area contributed by atoms with Gasteiger partial charge in [-0.2, -0.15) is 0 Å². The number of amides is 2. The molecule has 7 nitrogen and oxygen atoms in total. The van der Waals surface area contributed by atoms with Gasteiger partial charge in [-0.05, 0) is 12.1 Å². The maximum Gasteiger partial charge on any atom is 0.330 e. The van der Waals surface area contributed by atoms with E-state index in [1.54, 1.807) is 6.07 Å². The molecule has 0 spiro atoms. The van der Waals surface area contributed by atoms with E-state index in [1.807, 2.05) is 0 Å². The second-order valence-corrected chi connectivity index (χ2v) is 4.97. The first kappa shape index (κ1) is 18.2. The Balaban J connectivity index is 2.87. The summed E-state index contributed by atoms with van der Waals surface area (Å²) < 4.78 is 4.57. The number of ether oxygens (including phenoxy) is 1. The predicted molar refractivity (Wildman–Crippen MR) is 81.8 cm³/mol. The Morgan fingerprint density at radius 3 is 2.36 bits per heavy atom. The summed E-state index contributed by atoms with van der Waals surface area (Å²) in [5.41, 5.74) is 5.18. The molecule has 0 saturated heterocycles. The second-order valence-electron chi connectivity index (χ2n) is 4.15. The van der Waals surface area contributed by atoms with Gasteiger partial charge >= 0.3 is 5.97 Å². The molecule has 0 heterocycles. The van der Waals surface area contributed by atoms with Crippen LogP contribution in [-0.4, -0.2) is 44.0 Å². The second kappa shape index (κ2) is 8.57. The van der Waals surface area contributed by atoms with Crippen LogP contribution in [0, 0.1) is 0 Å². The third-order valence-electron chi connectivity index (χ3n) is 2.67. The monoisotopic (exact) mass is 347 g/mol. The van der Waals surface area contributed by atoms with E-state index in [1.165, 1.54) is 12.1 Å². The van der Waals surface area contributed by atoms with E-state index >= 15 is 0 Å². The maximum absolute atomic E-state index is 12.2. The molecule has 1 rings (SSSR count). The number of halogens is 2. The zero-order valence-corrected chi connectivity index (χ0v) is 13.2. The number of carbonyl (C=O) groups is 3. The first-order chi connectivity index (χ1) is 10.4. The van der Waals surface area contributed by atoms with Crippen LogP contribution in [0.2, 0.25) is 10.0 Å². The molecule has 0 fully saturated rings. The first-order valence-electron chi connectivity index (χ1n) is 6.20. The number of benzene rings is 1. The molecule has 4 N–H and O–H groups in total. The quantitative estimate of drug-likeness (QED) is 0.642. The van der Waals surface area contributed by atoms with Crippen LogP contribution >= 0.6 is 23.2 Å². The lowest BCUT2D eigenvalue weighted by Crippen LogP contribution is -2.49. The van der Waals surface area contributed by atoms with E-state index in [0.29, 0.717) is 0 Å². The van der Waals surface area contributed by atoms with Crippen molar-refractivity contribution < 1.29 is 19.1 Å². The molecule has 9 heteroatoms. The number of nitrogens with two attached hydrogens (primary N) is 1. The Kier molecular flexibility index (Phi) is 7.10. The summed E-state index contributed by atoms with van der Waals surface area (Å²) in [5, 5.41) is 5.07. The van der Waals surface area contributed by atoms with Crippen LogP contribution in [0.3, 0.4) is 0 Å². The Morgan fingerprint density at radius 2 is 1.86 bits per heavy atom. The number of hydrogen-bond donors (Lipinski definition) is 3. The van der Waals surface area contributed by atoms with Crippen LogP contribution < -0.4 is 16.4 Å². The van der Waals surface area contributed by atoms with Gasteiger partial charge in [0.15, 0.2) is 0 Å². The summed E-state index contributed by atoms with van der Waals surface area (Å²) >= 11 is 11.8. The highest BCUT2D eigenvalue weighted by molar-refractivity contribution is 6.39. The summed E-state index contributed by atoms with van der Waals surface area (Å²) in [6, 6.07) is 3.47. The number of methoxy groups -OCH3 is 1. The van der Waals surface area contributed by atoms with E-state index in [9.17, 15) is 14.4 Å². The minimum atomic E-state index is -1.10. The largest absolute Gasteiger partial charge is 0.467 e. The molecule has 1 atom stereocenters. The molecular weight excluding hydrogens is 333 g/mol. The number of hydrogen-bond acceptors (Lipinski definition) is 5. The maximum atomic E-state index is 12.2. The molecule has 0 aliphatic heterocycles. The van der Waals surface area contributed by atoms with Gasteiger partial charge in [0.25, 0.3) is 5.91 Å². The van der Waals surface area contributed by atoms with Crippen molar-refractivity contribution in [2.75, 3.05) is 20.2 Å². The van der Waals surface area contributed by atoms with Crippen LogP contribution in [0.1, 0.15) is 10.4 Å². The third-order valence-corrected chi connectivity index (χ3v) is 3.30. The Labute approximate surface area is 137 Å². The van der Waals surface area contributed by atoms with Crippen molar-refractivity contribution in [2.45, 2.75) is 6.04 Å². The standard InChI is InChI=1S/C13H15Cl2N3O4/c1-22-13(21)9(6-17-10(19)5-16)18-12(20)11-7(14)3-2-4-8(11)15/h2-4,9H,5-6,16H2,1H3,(H,17,19)(H,18,20)/t9-/m0/s1. The van der Waals surface area contributed by atoms with E-state index < -0.39 is 23.8 Å². The van der Waals surface area contributed by atoms with Crippen LogP contribution in [0.4, 0.5) is 0 Å². The molecular formula is C13H15Cl2N3O4. The first-order valence-corrected chi connectivity index (χ1v) is 6.95. The molecule has 0 aliphatic rings. The zero-order chi connectivity index (χ0) is 16.7. The molecule has 1 aromatic rings. The SMILES string of the molecule is COC(=O)[C@H](CNC(=O)CN)NC(=O)c1c(Cl)cccc1Cl. The normalized spacial score (nSPS) is 11.5. The fourth-order valence-corrected chi connectivity index (χ4v) is 2.14. The molecule has 22 heavy (non-hydrogen) atoms. The van der Waals surface area contributed by atoms with Gasteiger partial charge in [-0.25, -0.2) is 4.79 Å². The minimum absolute atomic E-state index is 0.0323. The number of esters is 1. The van der Waals surface area contributed by atoms with Crippen LogP contribution in [0.25, 0.3) is 0 Å². The van der Waals surface area contributed by atoms with Crippen LogP contribution in [-0.2, 0) is 14.3 Å². The molecule has 120 valence electrons. The van der Waals surface area contributed by atoms with Gasteiger partial charge in [0.05, 0.1) is 29.3 Å². The summed E-state index contributed by atoms with van der Waals surface area (Å²) in [6.07, 6.45) is 0. The fourth-order valence-electron chi connectivity index (χ4n) is 1.57. The fraction of sp³-hybridized carbons (Fsp3) is 0.308. The summed E-state index contributed by atoms with van der Waals surface area (Å²) in [4.78, 5) is 35.0. The van der Waals surface area contributed by atoms with E-state index in [4.69, 9.17) is 28.9 Å².